The Labute approximate surface area is 172 Å². The summed E-state index contributed by atoms with van der Waals surface area (Å²) in [6.07, 6.45) is 1.09. The molecule has 2 aromatic rings. The molecular formula is C21H27ClN2O3S. The third kappa shape index (κ3) is 4.86. The molecule has 2 aromatic carbocycles. The van der Waals surface area contributed by atoms with Crippen LogP contribution in [0.1, 0.15) is 43.4 Å². The van der Waals surface area contributed by atoms with Gasteiger partial charge in [-0.15, -0.1) is 0 Å². The summed E-state index contributed by atoms with van der Waals surface area (Å²) < 4.78 is 26.2. The van der Waals surface area contributed by atoms with E-state index in [4.69, 9.17) is 11.6 Å². The first-order valence-corrected chi connectivity index (χ1v) is 11.3. The molecule has 0 radical (unpaired) electrons. The van der Waals surface area contributed by atoms with Gasteiger partial charge in [0.1, 0.15) is 6.04 Å². The van der Waals surface area contributed by atoms with E-state index < -0.39 is 22.0 Å². The van der Waals surface area contributed by atoms with Crippen LogP contribution in [0.5, 0.6) is 0 Å². The van der Waals surface area contributed by atoms with Crippen molar-refractivity contribution in [3.05, 3.63) is 58.1 Å². The van der Waals surface area contributed by atoms with Gasteiger partial charge in [0, 0.05) is 10.7 Å². The monoisotopic (exact) mass is 422 g/mol. The van der Waals surface area contributed by atoms with Gasteiger partial charge in [-0.25, -0.2) is 8.42 Å². The minimum atomic E-state index is -3.72. The van der Waals surface area contributed by atoms with Gasteiger partial charge in [-0.2, -0.15) is 0 Å². The van der Waals surface area contributed by atoms with Gasteiger partial charge in [0.2, 0.25) is 15.9 Å². The van der Waals surface area contributed by atoms with Gasteiger partial charge in [-0.1, -0.05) is 49.7 Å². The molecule has 1 N–H and O–H groups in total. The van der Waals surface area contributed by atoms with E-state index in [1.807, 2.05) is 39.0 Å². The molecule has 0 saturated carbocycles. The van der Waals surface area contributed by atoms with Crippen molar-refractivity contribution in [2.75, 3.05) is 15.9 Å². The Bertz CT molecular complexity index is 987. The number of hydrogen-bond acceptors (Lipinski definition) is 3. The van der Waals surface area contributed by atoms with Crippen LogP contribution in [0.15, 0.2) is 36.4 Å². The Morgan fingerprint density at radius 3 is 2.29 bits per heavy atom. The summed E-state index contributed by atoms with van der Waals surface area (Å²) in [4.78, 5) is 13.0. The highest BCUT2D eigenvalue weighted by Crippen LogP contribution is 2.30. The molecule has 0 aliphatic rings. The van der Waals surface area contributed by atoms with Crippen LogP contribution in [-0.4, -0.2) is 26.6 Å². The van der Waals surface area contributed by atoms with Crippen molar-refractivity contribution in [1.82, 2.24) is 0 Å². The Morgan fingerprint density at radius 2 is 1.71 bits per heavy atom. The third-order valence-corrected chi connectivity index (χ3v) is 6.13. The van der Waals surface area contributed by atoms with Crippen molar-refractivity contribution in [1.29, 1.82) is 0 Å². The molecule has 7 heteroatoms. The predicted octanol–water partition coefficient (Wildman–Crippen LogP) is 4.87. The van der Waals surface area contributed by atoms with E-state index in [-0.39, 0.29) is 5.92 Å². The maximum atomic E-state index is 13.0. The molecule has 0 aromatic heterocycles. The van der Waals surface area contributed by atoms with Crippen molar-refractivity contribution in [2.24, 2.45) is 0 Å². The zero-order valence-corrected chi connectivity index (χ0v) is 18.6. The van der Waals surface area contributed by atoms with E-state index in [0.717, 1.165) is 27.4 Å². The highest BCUT2D eigenvalue weighted by molar-refractivity contribution is 7.92. The fourth-order valence-corrected chi connectivity index (χ4v) is 4.56. The number of carbonyl (C=O) groups is 1. The zero-order chi connectivity index (χ0) is 21.2. The van der Waals surface area contributed by atoms with Crippen LogP contribution >= 0.6 is 11.6 Å². The quantitative estimate of drug-likeness (QED) is 0.721. The molecule has 152 valence electrons. The first kappa shape index (κ1) is 22.2. The van der Waals surface area contributed by atoms with E-state index in [1.165, 1.54) is 0 Å². The molecule has 0 fully saturated rings. The number of halogens is 1. The summed E-state index contributed by atoms with van der Waals surface area (Å²) in [7, 11) is -3.72. The molecule has 0 saturated heterocycles. The topological polar surface area (TPSA) is 66.5 Å². The normalized spacial score (nSPS) is 12.7. The standard InChI is InChI=1S/C21H27ClN2O3S/c1-13(2)18-9-7-8-15(4)20(18)23-21(25)16(5)24(28(6,26)27)19-12-17(22)11-10-14(19)3/h7-13,16H,1-6H3,(H,23,25)/t16-/m1/s1. The molecule has 5 nitrogen and oxygen atoms in total. The number of aryl methyl sites for hydroxylation is 2. The van der Waals surface area contributed by atoms with Gasteiger partial charge < -0.3 is 5.32 Å². The minimum Gasteiger partial charge on any atom is -0.324 e. The zero-order valence-electron chi connectivity index (χ0n) is 17.1. The highest BCUT2D eigenvalue weighted by atomic mass is 35.5. The summed E-state index contributed by atoms with van der Waals surface area (Å²) in [6.45, 7) is 9.37. The average Bonchev–Trinajstić information content (AvgIpc) is 2.58. The number of sulfonamides is 1. The Kier molecular flexibility index (Phi) is 6.78. The molecule has 28 heavy (non-hydrogen) atoms. The second kappa shape index (κ2) is 8.53. The second-order valence-electron chi connectivity index (χ2n) is 7.35. The Hall–Kier alpha value is -2.05. The lowest BCUT2D eigenvalue weighted by Gasteiger charge is -2.30. The number of hydrogen-bond donors (Lipinski definition) is 1. The van der Waals surface area contributed by atoms with Crippen molar-refractivity contribution in [3.63, 3.8) is 0 Å². The summed E-state index contributed by atoms with van der Waals surface area (Å²) in [5.74, 6) is -0.187. The maximum absolute atomic E-state index is 13.0. The van der Waals surface area contributed by atoms with E-state index in [1.54, 1.807) is 32.0 Å². The molecule has 0 bridgehead atoms. The lowest BCUT2D eigenvalue weighted by atomic mass is 9.98. The van der Waals surface area contributed by atoms with Gasteiger partial charge in [0.15, 0.2) is 0 Å². The average molecular weight is 423 g/mol. The lowest BCUT2D eigenvalue weighted by molar-refractivity contribution is -0.116. The highest BCUT2D eigenvalue weighted by Gasteiger charge is 2.31. The van der Waals surface area contributed by atoms with E-state index >= 15 is 0 Å². The first-order chi connectivity index (χ1) is 12.9. The van der Waals surface area contributed by atoms with Crippen molar-refractivity contribution in [3.8, 4) is 0 Å². The molecule has 0 unspecified atom stereocenters. The van der Waals surface area contributed by atoms with Crippen LogP contribution in [0.3, 0.4) is 0 Å². The van der Waals surface area contributed by atoms with Gasteiger partial charge in [-0.05, 0) is 55.5 Å². The molecule has 0 aliphatic heterocycles. The number of para-hydroxylation sites is 1. The minimum absolute atomic E-state index is 0.215. The molecule has 1 amide bonds. The number of amides is 1. The van der Waals surface area contributed by atoms with Gasteiger partial charge in [0.05, 0.1) is 11.9 Å². The van der Waals surface area contributed by atoms with E-state index in [9.17, 15) is 13.2 Å². The predicted molar refractivity (Wildman–Crippen MR) is 117 cm³/mol. The number of anilines is 2. The molecule has 1 atom stereocenters. The van der Waals surface area contributed by atoms with Crippen molar-refractivity contribution >= 4 is 38.9 Å². The molecular weight excluding hydrogens is 396 g/mol. The maximum Gasteiger partial charge on any atom is 0.248 e. The largest absolute Gasteiger partial charge is 0.324 e. The number of benzene rings is 2. The summed E-state index contributed by atoms with van der Waals surface area (Å²) in [5.41, 5.74) is 3.77. The first-order valence-electron chi connectivity index (χ1n) is 9.09. The lowest BCUT2D eigenvalue weighted by Crippen LogP contribution is -2.45. The Morgan fingerprint density at radius 1 is 1.07 bits per heavy atom. The fraction of sp³-hybridized carbons (Fsp3) is 0.381. The molecule has 0 aliphatic carbocycles. The number of nitrogens with one attached hydrogen (secondary N) is 1. The van der Waals surface area contributed by atoms with E-state index in [0.29, 0.717) is 16.3 Å². The SMILES string of the molecule is Cc1ccc(Cl)cc1N([C@H](C)C(=O)Nc1c(C)cccc1C(C)C)S(C)(=O)=O. The van der Waals surface area contributed by atoms with E-state index in [2.05, 4.69) is 5.32 Å². The smallest absolute Gasteiger partial charge is 0.248 e. The number of rotatable bonds is 6. The van der Waals surface area contributed by atoms with Crippen LogP contribution in [0.25, 0.3) is 0 Å². The van der Waals surface area contributed by atoms with Crippen LogP contribution < -0.4 is 9.62 Å². The molecule has 0 spiro atoms. The fourth-order valence-electron chi connectivity index (χ4n) is 3.17. The summed E-state index contributed by atoms with van der Waals surface area (Å²) in [6, 6.07) is 9.87. The summed E-state index contributed by atoms with van der Waals surface area (Å²) >= 11 is 6.08. The van der Waals surface area contributed by atoms with Crippen LogP contribution in [0.4, 0.5) is 11.4 Å². The van der Waals surface area contributed by atoms with Crippen molar-refractivity contribution < 1.29 is 13.2 Å². The van der Waals surface area contributed by atoms with Gasteiger partial charge >= 0.3 is 0 Å². The van der Waals surface area contributed by atoms with Crippen LogP contribution in [0.2, 0.25) is 5.02 Å². The molecule has 2 rings (SSSR count). The number of carbonyl (C=O) groups excluding carboxylic acids is 1. The van der Waals surface area contributed by atoms with Gasteiger partial charge in [-0.3, -0.25) is 9.10 Å². The third-order valence-electron chi connectivity index (χ3n) is 4.67. The second-order valence-corrected chi connectivity index (χ2v) is 9.64. The number of nitrogens with zero attached hydrogens (tertiary/aromatic N) is 1. The van der Waals surface area contributed by atoms with Gasteiger partial charge in [0.25, 0.3) is 0 Å². The summed E-state index contributed by atoms with van der Waals surface area (Å²) in [5, 5.41) is 3.34. The van der Waals surface area contributed by atoms with Crippen LogP contribution in [0, 0.1) is 13.8 Å². The van der Waals surface area contributed by atoms with Crippen LogP contribution in [-0.2, 0) is 14.8 Å². The Balaban J connectivity index is 2.46. The van der Waals surface area contributed by atoms with Crippen molar-refractivity contribution in [2.45, 2.75) is 46.6 Å². The molecule has 0 heterocycles.